The zero-order chi connectivity index (χ0) is 31.7. The van der Waals surface area contributed by atoms with Gasteiger partial charge < -0.3 is 15.4 Å². The standard InChI is InChI=1S/C31H28Cl5N3O4/c1-5-22(38-28(41)27-26(31(27,35)36)18-12-20(33)15-21(34)13-18)7-6-19(32)16-25(40)37-23-8-9-24-17(14-23)10-11-39(24)29(42)43-30(2,3)4/h5-15,26-27H,1,16H2,2-4H3,(H,37,40)(H,38,41)/b19-6+,22-7+. The van der Waals surface area contributed by atoms with Gasteiger partial charge in [-0.3, -0.25) is 14.2 Å². The molecule has 2 unspecified atom stereocenters. The summed E-state index contributed by atoms with van der Waals surface area (Å²) in [5, 5.41) is 7.29. The number of hydrogen-bond donors (Lipinski definition) is 2. The van der Waals surface area contributed by atoms with Crippen LogP contribution < -0.4 is 10.6 Å². The second-order valence-corrected chi connectivity index (χ2v) is 13.7. The van der Waals surface area contributed by atoms with Gasteiger partial charge in [0.2, 0.25) is 11.8 Å². The SMILES string of the molecule is C=C/C(=C\C=C(\Cl)CC(=O)Nc1ccc2c(ccn2C(=O)OC(C)(C)C)c1)NC(=O)C1C(c2cc(Cl)cc(Cl)c2)C1(Cl)Cl. The Bertz CT molecular complexity index is 1650. The zero-order valence-electron chi connectivity index (χ0n) is 23.4. The van der Waals surface area contributed by atoms with E-state index in [1.54, 1.807) is 69.4 Å². The van der Waals surface area contributed by atoms with Gasteiger partial charge in [-0.05, 0) is 87.0 Å². The van der Waals surface area contributed by atoms with Crippen LogP contribution in [0.1, 0.15) is 38.7 Å². The fourth-order valence-electron chi connectivity index (χ4n) is 4.49. The summed E-state index contributed by atoms with van der Waals surface area (Å²) >= 11 is 31.4. The van der Waals surface area contributed by atoms with Crippen LogP contribution in [0.3, 0.4) is 0 Å². The van der Waals surface area contributed by atoms with E-state index in [1.807, 2.05) is 0 Å². The number of nitrogens with zero attached hydrogens (tertiary/aromatic N) is 1. The van der Waals surface area contributed by atoms with Gasteiger partial charge in [-0.15, -0.1) is 23.2 Å². The van der Waals surface area contributed by atoms with E-state index >= 15 is 0 Å². The first-order valence-corrected chi connectivity index (χ1v) is 15.0. The lowest BCUT2D eigenvalue weighted by Crippen LogP contribution is -2.26. The molecule has 1 heterocycles. The summed E-state index contributed by atoms with van der Waals surface area (Å²) in [7, 11) is 0. The van der Waals surface area contributed by atoms with Gasteiger partial charge in [-0.1, -0.05) is 41.4 Å². The van der Waals surface area contributed by atoms with E-state index in [2.05, 4.69) is 17.2 Å². The Morgan fingerprint density at radius 3 is 2.35 bits per heavy atom. The third-order valence-corrected chi connectivity index (χ3v) is 8.04. The minimum Gasteiger partial charge on any atom is -0.443 e. The lowest BCUT2D eigenvalue weighted by atomic mass is 10.1. The number of alkyl halides is 2. The maximum atomic E-state index is 13.0. The fourth-order valence-corrected chi connectivity index (χ4v) is 6.05. The number of rotatable bonds is 8. The largest absolute Gasteiger partial charge is 0.443 e. The van der Waals surface area contributed by atoms with E-state index in [0.717, 1.165) is 5.39 Å². The van der Waals surface area contributed by atoms with Gasteiger partial charge in [-0.2, -0.15) is 0 Å². The number of benzene rings is 2. The van der Waals surface area contributed by atoms with Crippen LogP contribution in [0.4, 0.5) is 10.5 Å². The summed E-state index contributed by atoms with van der Waals surface area (Å²) in [6.45, 7) is 9.09. The van der Waals surface area contributed by atoms with E-state index in [-0.39, 0.29) is 17.4 Å². The second kappa shape index (κ2) is 13.0. The molecule has 0 aliphatic heterocycles. The highest BCUT2D eigenvalue weighted by Gasteiger charge is 2.67. The van der Waals surface area contributed by atoms with Crippen LogP contribution in [0.15, 0.2) is 84.2 Å². The first kappa shape index (κ1) is 33.0. The number of aromatic nitrogens is 1. The topological polar surface area (TPSA) is 89.4 Å². The average molecular weight is 684 g/mol. The quantitative estimate of drug-likeness (QED) is 0.183. The molecule has 3 aromatic rings. The Morgan fingerprint density at radius 1 is 1.05 bits per heavy atom. The van der Waals surface area contributed by atoms with Crippen molar-refractivity contribution < 1.29 is 19.1 Å². The van der Waals surface area contributed by atoms with Gasteiger partial charge in [-0.25, -0.2) is 4.79 Å². The predicted molar refractivity (Wildman–Crippen MR) is 174 cm³/mol. The van der Waals surface area contributed by atoms with Gasteiger partial charge >= 0.3 is 6.09 Å². The molecule has 2 amide bonds. The van der Waals surface area contributed by atoms with Crippen LogP contribution in [0.2, 0.25) is 10.0 Å². The summed E-state index contributed by atoms with van der Waals surface area (Å²) in [6, 6.07) is 11.8. The Morgan fingerprint density at radius 2 is 1.72 bits per heavy atom. The van der Waals surface area contributed by atoms with Gasteiger partial charge in [0.15, 0.2) is 0 Å². The number of allylic oxidation sites excluding steroid dienone is 3. The van der Waals surface area contributed by atoms with Gasteiger partial charge in [0, 0.05) is 44.0 Å². The predicted octanol–water partition coefficient (Wildman–Crippen LogP) is 8.96. The third-order valence-electron chi connectivity index (χ3n) is 6.40. The maximum Gasteiger partial charge on any atom is 0.418 e. The fraction of sp³-hybridized carbons (Fsp3) is 0.258. The van der Waals surface area contributed by atoms with Crippen LogP contribution in [0.5, 0.6) is 0 Å². The number of fused-ring (bicyclic) bond motifs is 1. The third kappa shape index (κ3) is 8.16. The molecule has 1 fully saturated rings. The lowest BCUT2D eigenvalue weighted by Gasteiger charge is -2.19. The molecular weight excluding hydrogens is 656 g/mol. The van der Waals surface area contributed by atoms with Crippen LogP contribution in [0.25, 0.3) is 10.9 Å². The summed E-state index contributed by atoms with van der Waals surface area (Å²) in [6.07, 6.45) is 5.42. The zero-order valence-corrected chi connectivity index (χ0v) is 27.2. The summed E-state index contributed by atoms with van der Waals surface area (Å²) in [4.78, 5) is 38.1. The number of halogens is 5. The Labute approximate surface area is 274 Å². The molecule has 1 aliphatic rings. The summed E-state index contributed by atoms with van der Waals surface area (Å²) in [5.74, 6) is -2.04. The molecule has 7 nitrogen and oxygen atoms in total. The summed E-state index contributed by atoms with van der Waals surface area (Å²) in [5.41, 5.74) is 1.53. The molecule has 4 rings (SSSR count). The molecule has 1 saturated carbocycles. The van der Waals surface area contributed by atoms with Crippen molar-refractivity contribution in [3.63, 3.8) is 0 Å². The molecule has 2 N–H and O–H groups in total. The van der Waals surface area contributed by atoms with E-state index < -0.39 is 33.8 Å². The van der Waals surface area contributed by atoms with Crippen LogP contribution in [-0.4, -0.2) is 32.4 Å². The number of ether oxygens (including phenoxy) is 1. The second-order valence-electron chi connectivity index (χ2n) is 10.9. The van der Waals surface area contributed by atoms with E-state index in [1.165, 1.54) is 22.8 Å². The Hall–Kier alpha value is -2.94. The highest BCUT2D eigenvalue weighted by atomic mass is 35.5. The molecule has 226 valence electrons. The van der Waals surface area contributed by atoms with Gasteiger partial charge in [0.25, 0.3) is 0 Å². The van der Waals surface area contributed by atoms with Crippen molar-refractivity contribution in [3.05, 3.63) is 99.8 Å². The van der Waals surface area contributed by atoms with E-state index in [0.29, 0.717) is 32.5 Å². The van der Waals surface area contributed by atoms with Gasteiger partial charge in [0.05, 0.1) is 17.9 Å². The number of carbonyl (C=O) groups is 3. The van der Waals surface area contributed by atoms with Gasteiger partial charge in [0.1, 0.15) is 9.93 Å². The minimum atomic E-state index is -1.34. The summed E-state index contributed by atoms with van der Waals surface area (Å²) < 4.78 is 5.50. The van der Waals surface area contributed by atoms with Crippen molar-refractivity contribution in [2.45, 2.75) is 43.0 Å². The molecule has 12 heteroatoms. The molecule has 0 spiro atoms. The highest BCUT2D eigenvalue weighted by Crippen LogP contribution is 2.65. The number of anilines is 1. The van der Waals surface area contributed by atoms with Crippen molar-refractivity contribution in [1.29, 1.82) is 0 Å². The van der Waals surface area contributed by atoms with Crippen molar-refractivity contribution in [3.8, 4) is 0 Å². The number of amides is 2. The van der Waals surface area contributed by atoms with Crippen molar-refractivity contribution in [2.75, 3.05) is 5.32 Å². The van der Waals surface area contributed by atoms with Crippen LogP contribution >= 0.6 is 58.0 Å². The molecule has 0 radical (unpaired) electrons. The maximum absolute atomic E-state index is 13.0. The van der Waals surface area contributed by atoms with Crippen molar-refractivity contribution in [1.82, 2.24) is 9.88 Å². The van der Waals surface area contributed by atoms with Crippen LogP contribution in [-0.2, 0) is 14.3 Å². The molecule has 0 bridgehead atoms. The molecule has 43 heavy (non-hydrogen) atoms. The highest BCUT2D eigenvalue weighted by molar-refractivity contribution is 6.53. The minimum absolute atomic E-state index is 0.125. The van der Waals surface area contributed by atoms with Crippen molar-refractivity contribution >= 4 is 92.5 Å². The smallest absolute Gasteiger partial charge is 0.418 e. The molecular formula is C31H28Cl5N3O4. The van der Waals surface area contributed by atoms with E-state index in [9.17, 15) is 14.4 Å². The first-order chi connectivity index (χ1) is 20.1. The normalized spacial score (nSPS) is 18.2. The van der Waals surface area contributed by atoms with Crippen LogP contribution in [0, 0.1) is 5.92 Å². The first-order valence-electron chi connectivity index (χ1n) is 13.1. The number of hydrogen-bond acceptors (Lipinski definition) is 4. The molecule has 1 aromatic heterocycles. The number of carbonyl (C=O) groups excluding carboxylic acids is 3. The molecule has 2 aromatic carbocycles. The van der Waals surface area contributed by atoms with Crippen molar-refractivity contribution in [2.24, 2.45) is 5.92 Å². The average Bonchev–Trinajstić information content (AvgIpc) is 3.23. The monoisotopic (exact) mass is 681 g/mol. The molecule has 0 saturated heterocycles. The van der Waals surface area contributed by atoms with E-state index in [4.69, 9.17) is 62.7 Å². The lowest BCUT2D eigenvalue weighted by molar-refractivity contribution is -0.121. The number of nitrogens with one attached hydrogen (secondary N) is 2. The molecule has 2 atom stereocenters. The Kier molecular flexibility index (Phi) is 9.94. The molecule has 1 aliphatic carbocycles. The Balaban J connectivity index is 1.36.